The van der Waals surface area contributed by atoms with Gasteiger partial charge in [0.05, 0.1) is 40.8 Å². The molecule has 2 aliphatic rings. The van der Waals surface area contributed by atoms with Crippen molar-refractivity contribution >= 4 is 38.7 Å². The summed E-state index contributed by atoms with van der Waals surface area (Å²) in [5, 5.41) is 14.8. The second-order valence-corrected chi connectivity index (χ2v) is 11.0. The molecule has 0 saturated carbocycles. The van der Waals surface area contributed by atoms with Crippen LogP contribution in [0.5, 0.6) is 0 Å². The van der Waals surface area contributed by atoms with Crippen LogP contribution in [0.15, 0.2) is 27.7 Å². The number of halogens is 1. The quantitative estimate of drug-likeness (QED) is 0.276. The molecule has 0 unspecified atom stereocenters. The second-order valence-electron chi connectivity index (χ2n) is 10.2. The first-order valence-electron chi connectivity index (χ1n) is 12.0. The van der Waals surface area contributed by atoms with Gasteiger partial charge in [-0.15, -0.1) is 0 Å². The van der Waals surface area contributed by atoms with Crippen LogP contribution < -0.4 is 10.9 Å². The molecule has 2 aliphatic heterocycles. The van der Waals surface area contributed by atoms with Crippen LogP contribution in [0.2, 0.25) is 0 Å². The number of esters is 1. The zero-order chi connectivity index (χ0) is 26.7. The van der Waals surface area contributed by atoms with Gasteiger partial charge in [0.2, 0.25) is 5.91 Å². The standard InChI is InChI=1S/C26H27BrN4O6/c1-5-26(35)17-7-19-22-15(10-31(19)23(33)16(17)11-36-24(26)34)14(8-29-21(32)12-37-25(2,3)4)13-6-20(27)28-9-18(13)30-22/h6-7,9,35H,5,8,10-12H2,1-4H3,(H,29,32)/t26-/m0/s1. The molecule has 0 bridgehead atoms. The molecule has 37 heavy (non-hydrogen) atoms. The molecule has 0 spiro atoms. The third-order valence-corrected chi connectivity index (χ3v) is 7.19. The lowest BCUT2D eigenvalue weighted by atomic mass is 9.86. The van der Waals surface area contributed by atoms with Crippen molar-refractivity contribution in [3.63, 3.8) is 0 Å². The summed E-state index contributed by atoms with van der Waals surface area (Å²) < 4.78 is 12.9. The number of nitrogens with zero attached hydrogens (tertiary/aromatic N) is 3. The van der Waals surface area contributed by atoms with E-state index in [4.69, 9.17) is 14.5 Å². The van der Waals surface area contributed by atoms with Crippen molar-refractivity contribution in [3.8, 4) is 11.4 Å². The minimum absolute atomic E-state index is 0.0611. The number of hydrogen-bond acceptors (Lipinski definition) is 8. The lowest BCUT2D eigenvalue weighted by molar-refractivity contribution is -0.172. The van der Waals surface area contributed by atoms with Gasteiger partial charge >= 0.3 is 5.97 Å². The number of fused-ring (bicyclic) bond motifs is 5. The SMILES string of the molecule is CC[C@@]1(O)C(=O)OCc2c1cc1n(c2=O)Cc2c-1nc1cnc(Br)cc1c2CNC(=O)COC(C)(C)C. The molecule has 0 aliphatic carbocycles. The highest BCUT2D eigenvalue weighted by atomic mass is 79.9. The number of aromatic nitrogens is 3. The van der Waals surface area contributed by atoms with Crippen LogP contribution in [0.25, 0.3) is 22.3 Å². The van der Waals surface area contributed by atoms with E-state index in [1.165, 1.54) is 0 Å². The maximum atomic E-state index is 13.5. The summed E-state index contributed by atoms with van der Waals surface area (Å²) in [6, 6.07) is 3.49. The highest BCUT2D eigenvalue weighted by Gasteiger charge is 2.45. The zero-order valence-corrected chi connectivity index (χ0v) is 22.6. The Kier molecular flexibility index (Phi) is 6.20. The fourth-order valence-corrected chi connectivity index (χ4v) is 5.09. The number of carbonyl (C=O) groups excluding carboxylic acids is 2. The van der Waals surface area contributed by atoms with Gasteiger partial charge in [0.25, 0.3) is 5.56 Å². The van der Waals surface area contributed by atoms with Crippen LogP contribution >= 0.6 is 15.9 Å². The minimum atomic E-state index is -1.90. The maximum Gasteiger partial charge on any atom is 0.343 e. The topological polar surface area (TPSA) is 133 Å². The number of rotatable bonds is 5. The Morgan fingerprint density at radius 1 is 1.30 bits per heavy atom. The van der Waals surface area contributed by atoms with Gasteiger partial charge in [-0.2, -0.15) is 0 Å². The van der Waals surface area contributed by atoms with Crippen molar-refractivity contribution in [1.29, 1.82) is 0 Å². The summed E-state index contributed by atoms with van der Waals surface area (Å²) in [5.41, 5.74) is 0.995. The van der Waals surface area contributed by atoms with E-state index in [1.807, 2.05) is 26.8 Å². The monoisotopic (exact) mass is 570 g/mol. The Hall–Kier alpha value is -3.15. The van der Waals surface area contributed by atoms with Crippen molar-refractivity contribution in [3.05, 3.63) is 55.5 Å². The van der Waals surface area contributed by atoms with E-state index in [-0.39, 0.29) is 55.3 Å². The van der Waals surface area contributed by atoms with E-state index < -0.39 is 17.2 Å². The largest absolute Gasteiger partial charge is 0.458 e. The summed E-state index contributed by atoms with van der Waals surface area (Å²) in [4.78, 5) is 47.6. The van der Waals surface area contributed by atoms with Crippen molar-refractivity contribution in [2.45, 2.75) is 65.0 Å². The normalized spacial score (nSPS) is 18.3. The number of aliphatic hydroxyl groups is 1. The van der Waals surface area contributed by atoms with Gasteiger partial charge in [0.1, 0.15) is 17.8 Å². The first kappa shape index (κ1) is 25.5. The van der Waals surface area contributed by atoms with Crippen LogP contribution in [0.1, 0.15) is 56.4 Å². The van der Waals surface area contributed by atoms with E-state index in [1.54, 1.807) is 23.8 Å². The van der Waals surface area contributed by atoms with Crippen molar-refractivity contribution < 1.29 is 24.2 Å². The predicted octanol–water partition coefficient (Wildman–Crippen LogP) is 2.67. The summed E-state index contributed by atoms with van der Waals surface area (Å²) in [7, 11) is 0. The number of hydrogen-bond donors (Lipinski definition) is 2. The third kappa shape index (κ3) is 4.34. The Morgan fingerprint density at radius 2 is 2.05 bits per heavy atom. The molecule has 1 atom stereocenters. The predicted molar refractivity (Wildman–Crippen MR) is 138 cm³/mol. The average Bonchev–Trinajstić information content (AvgIpc) is 3.21. The van der Waals surface area contributed by atoms with E-state index >= 15 is 0 Å². The van der Waals surface area contributed by atoms with E-state index in [0.717, 1.165) is 16.5 Å². The Morgan fingerprint density at radius 3 is 2.76 bits per heavy atom. The van der Waals surface area contributed by atoms with Gasteiger partial charge in [-0.25, -0.2) is 14.8 Å². The van der Waals surface area contributed by atoms with Crippen LogP contribution in [-0.2, 0) is 44.4 Å². The molecular formula is C26H27BrN4O6. The summed E-state index contributed by atoms with van der Waals surface area (Å²) in [6.45, 7) is 7.41. The summed E-state index contributed by atoms with van der Waals surface area (Å²) >= 11 is 3.41. The Balaban J connectivity index is 1.63. The van der Waals surface area contributed by atoms with Gasteiger partial charge in [-0.3, -0.25) is 9.59 Å². The van der Waals surface area contributed by atoms with E-state index in [0.29, 0.717) is 21.5 Å². The zero-order valence-electron chi connectivity index (χ0n) is 21.0. The van der Waals surface area contributed by atoms with Crippen LogP contribution in [0.3, 0.4) is 0 Å². The molecule has 3 aromatic heterocycles. The van der Waals surface area contributed by atoms with Gasteiger partial charge in [0, 0.05) is 23.1 Å². The number of amides is 1. The number of pyridine rings is 3. The number of cyclic esters (lactones) is 1. The molecule has 2 N–H and O–H groups in total. The lowest BCUT2D eigenvalue weighted by Gasteiger charge is -2.31. The Bertz CT molecular complexity index is 1530. The Labute approximate surface area is 221 Å². The van der Waals surface area contributed by atoms with Crippen molar-refractivity contribution in [2.24, 2.45) is 0 Å². The number of ether oxygens (including phenoxy) is 2. The van der Waals surface area contributed by atoms with Gasteiger partial charge in [0.15, 0.2) is 5.60 Å². The smallest absolute Gasteiger partial charge is 0.343 e. The minimum Gasteiger partial charge on any atom is -0.458 e. The second kappa shape index (κ2) is 9.00. The van der Waals surface area contributed by atoms with Crippen molar-refractivity contribution in [1.82, 2.24) is 19.9 Å². The molecule has 5 heterocycles. The van der Waals surface area contributed by atoms with Crippen LogP contribution in [-0.4, -0.2) is 43.7 Å². The van der Waals surface area contributed by atoms with E-state index in [9.17, 15) is 19.5 Å². The average molecular weight is 571 g/mol. The van der Waals surface area contributed by atoms with Crippen molar-refractivity contribution in [2.75, 3.05) is 6.61 Å². The molecule has 194 valence electrons. The molecule has 5 rings (SSSR count). The lowest BCUT2D eigenvalue weighted by Crippen LogP contribution is -2.44. The summed E-state index contributed by atoms with van der Waals surface area (Å²) in [6.07, 6.45) is 1.68. The van der Waals surface area contributed by atoms with Gasteiger partial charge in [-0.1, -0.05) is 6.92 Å². The highest BCUT2D eigenvalue weighted by Crippen LogP contribution is 2.40. The molecule has 10 nitrogen and oxygen atoms in total. The number of nitrogens with one attached hydrogen (secondary N) is 1. The van der Waals surface area contributed by atoms with Gasteiger partial charge in [-0.05, 0) is 60.8 Å². The third-order valence-electron chi connectivity index (χ3n) is 6.76. The number of carbonyl (C=O) groups is 2. The molecule has 3 aromatic rings. The highest BCUT2D eigenvalue weighted by molar-refractivity contribution is 9.10. The first-order chi connectivity index (χ1) is 17.4. The fraction of sp³-hybridized carbons (Fsp3) is 0.423. The maximum absolute atomic E-state index is 13.5. The first-order valence-corrected chi connectivity index (χ1v) is 12.8. The van der Waals surface area contributed by atoms with Crippen LogP contribution in [0, 0.1) is 0 Å². The molecule has 0 saturated heterocycles. The van der Waals surface area contributed by atoms with Gasteiger partial charge < -0.3 is 24.5 Å². The molecule has 0 radical (unpaired) electrons. The van der Waals surface area contributed by atoms with Crippen LogP contribution in [0.4, 0.5) is 0 Å². The molecule has 0 fully saturated rings. The molecule has 0 aromatic carbocycles. The summed E-state index contributed by atoms with van der Waals surface area (Å²) in [5.74, 6) is -1.04. The molecular weight excluding hydrogens is 544 g/mol. The van der Waals surface area contributed by atoms with E-state index in [2.05, 4.69) is 26.2 Å². The fourth-order valence-electron chi connectivity index (χ4n) is 4.76. The molecule has 1 amide bonds. The molecule has 11 heteroatoms.